The van der Waals surface area contributed by atoms with Crippen LogP contribution in [-0.4, -0.2) is 61.7 Å². The molecule has 1 atom stereocenters. The highest BCUT2D eigenvalue weighted by atomic mass is 35.5. The predicted octanol–water partition coefficient (Wildman–Crippen LogP) is 3.22. The summed E-state index contributed by atoms with van der Waals surface area (Å²) in [5, 5.41) is 0.677. The van der Waals surface area contributed by atoms with Crippen molar-refractivity contribution in [1.82, 2.24) is 14.9 Å². The van der Waals surface area contributed by atoms with Crippen LogP contribution in [-0.2, 0) is 9.53 Å². The van der Waals surface area contributed by atoms with Gasteiger partial charge in [-0.3, -0.25) is 4.79 Å². The fourth-order valence-electron chi connectivity index (χ4n) is 3.43. The summed E-state index contributed by atoms with van der Waals surface area (Å²) >= 11 is 6.20. The minimum atomic E-state index is 0.0217. The van der Waals surface area contributed by atoms with Crippen molar-refractivity contribution in [1.29, 1.82) is 0 Å². The molecule has 3 rings (SSSR count). The van der Waals surface area contributed by atoms with Gasteiger partial charge in [0.2, 0.25) is 11.9 Å². The number of benzene rings is 1. The van der Waals surface area contributed by atoms with Crippen molar-refractivity contribution in [2.45, 2.75) is 18.8 Å². The Labute approximate surface area is 165 Å². The average molecular weight is 389 g/mol. The molecular weight excluding hydrogens is 364 g/mol. The molecule has 0 aliphatic carbocycles. The van der Waals surface area contributed by atoms with E-state index in [9.17, 15) is 4.79 Å². The number of methoxy groups -OCH3 is 1. The third-order valence-corrected chi connectivity index (χ3v) is 5.00. The number of amides is 1. The number of piperidine rings is 1. The number of rotatable bonds is 5. The van der Waals surface area contributed by atoms with Crippen molar-refractivity contribution < 1.29 is 9.53 Å². The third-order valence-electron chi connectivity index (χ3n) is 4.77. The Morgan fingerprint density at radius 1 is 1.41 bits per heavy atom. The SMILES string of the molecule is COCC(=O)N1CCC[C@H](c2nc(N(C)C)ncc2-c2cccc(Cl)c2)C1. The molecule has 144 valence electrons. The normalized spacial score (nSPS) is 17.0. The van der Waals surface area contributed by atoms with Gasteiger partial charge in [0.25, 0.3) is 0 Å². The second-order valence-corrected chi connectivity index (χ2v) is 7.42. The number of carbonyl (C=O) groups excluding carboxylic acids is 1. The van der Waals surface area contributed by atoms with Crippen LogP contribution < -0.4 is 4.90 Å². The zero-order chi connectivity index (χ0) is 19.4. The van der Waals surface area contributed by atoms with Crippen molar-refractivity contribution in [3.05, 3.63) is 41.2 Å². The number of ether oxygens (including phenoxy) is 1. The van der Waals surface area contributed by atoms with Gasteiger partial charge < -0.3 is 14.5 Å². The first-order valence-corrected chi connectivity index (χ1v) is 9.44. The van der Waals surface area contributed by atoms with E-state index in [-0.39, 0.29) is 18.4 Å². The summed E-state index contributed by atoms with van der Waals surface area (Å²) in [5.41, 5.74) is 2.92. The number of hydrogen-bond acceptors (Lipinski definition) is 5. The summed E-state index contributed by atoms with van der Waals surface area (Å²) in [6.45, 7) is 1.51. The molecule has 1 fully saturated rings. The molecule has 1 aliphatic rings. The smallest absolute Gasteiger partial charge is 0.248 e. The van der Waals surface area contributed by atoms with Gasteiger partial charge in [0.1, 0.15) is 6.61 Å². The van der Waals surface area contributed by atoms with Gasteiger partial charge in [-0.05, 0) is 30.5 Å². The predicted molar refractivity (Wildman–Crippen MR) is 107 cm³/mol. The topological polar surface area (TPSA) is 58.6 Å². The van der Waals surface area contributed by atoms with Gasteiger partial charge in [-0.25, -0.2) is 9.97 Å². The number of nitrogens with zero attached hydrogens (tertiary/aromatic N) is 4. The van der Waals surface area contributed by atoms with Crippen molar-refractivity contribution in [2.24, 2.45) is 0 Å². The summed E-state index contributed by atoms with van der Waals surface area (Å²) in [6, 6.07) is 7.72. The van der Waals surface area contributed by atoms with Crippen molar-refractivity contribution in [3.63, 3.8) is 0 Å². The van der Waals surface area contributed by atoms with E-state index in [1.807, 2.05) is 54.4 Å². The summed E-state index contributed by atoms with van der Waals surface area (Å²) in [4.78, 5) is 25.4. The van der Waals surface area contributed by atoms with Crippen LogP contribution in [0.4, 0.5) is 5.95 Å². The van der Waals surface area contributed by atoms with E-state index in [1.54, 1.807) is 7.11 Å². The largest absolute Gasteiger partial charge is 0.375 e. The molecule has 1 amide bonds. The summed E-state index contributed by atoms with van der Waals surface area (Å²) < 4.78 is 5.02. The van der Waals surface area contributed by atoms with E-state index in [0.717, 1.165) is 36.2 Å². The number of anilines is 1. The van der Waals surface area contributed by atoms with Crippen molar-refractivity contribution in [2.75, 3.05) is 45.8 Å². The zero-order valence-corrected chi connectivity index (χ0v) is 16.7. The number of hydrogen-bond donors (Lipinski definition) is 0. The first kappa shape index (κ1) is 19.6. The van der Waals surface area contributed by atoms with Crippen LogP contribution in [0.1, 0.15) is 24.5 Å². The lowest BCUT2D eigenvalue weighted by Crippen LogP contribution is -2.41. The van der Waals surface area contributed by atoms with E-state index in [2.05, 4.69) is 4.98 Å². The molecule has 0 N–H and O–H groups in total. The summed E-state index contributed by atoms with van der Waals surface area (Å²) in [5.74, 6) is 0.833. The molecule has 0 saturated carbocycles. The molecule has 1 aromatic carbocycles. The third kappa shape index (κ3) is 4.57. The van der Waals surface area contributed by atoms with E-state index < -0.39 is 0 Å². The van der Waals surface area contributed by atoms with Gasteiger partial charge in [-0.2, -0.15) is 0 Å². The highest BCUT2D eigenvalue weighted by Crippen LogP contribution is 2.34. The lowest BCUT2D eigenvalue weighted by atomic mass is 9.90. The molecule has 1 aliphatic heterocycles. The second-order valence-electron chi connectivity index (χ2n) is 6.99. The summed E-state index contributed by atoms with van der Waals surface area (Å²) in [7, 11) is 5.39. The first-order valence-electron chi connectivity index (χ1n) is 9.06. The average Bonchev–Trinajstić information content (AvgIpc) is 2.68. The van der Waals surface area contributed by atoms with Crippen LogP contribution in [0.5, 0.6) is 0 Å². The highest BCUT2D eigenvalue weighted by Gasteiger charge is 2.28. The molecular formula is C20H25ClN4O2. The Morgan fingerprint density at radius 2 is 2.22 bits per heavy atom. The van der Waals surface area contributed by atoms with Gasteiger partial charge in [0, 0.05) is 57.0 Å². The Hall–Kier alpha value is -2.18. The quantitative estimate of drug-likeness (QED) is 0.787. The van der Waals surface area contributed by atoms with Crippen LogP contribution in [0.3, 0.4) is 0 Å². The van der Waals surface area contributed by atoms with Crippen LogP contribution in [0.15, 0.2) is 30.5 Å². The maximum absolute atomic E-state index is 12.3. The number of likely N-dealkylation sites (tertiary alicyclic amines) is 1. The molecule has 0 bridgehead atoms. The standard InChI is InChI=1S/C20H25ClN4O2/c1-24(2)20-22-11-17(14-6-4-8-16(21)10-14)19(23-20)15-7-5-9-25(12-15)18(26)13-27-3/h4,6,8,10-11,15H,5,7,9,12-13H2,1-3H3/t15-/m0/s1. The number of carbonyl (C=O) groups is 1. The minimum absolute atomic E-state index is 0.0217. The Bertz CT molecular complexity index is 812. The molecule has 2 heterocycles. The maximum Gasteiger partial charge on any atom is 0.248 e. The van der Waals surface area contributed by atoms with Crippen molar-refractivity contribution in [3.8, 4) is 11.1 Å². The maximum atomic E-state index is 12.3. The summed E-state index contributed by atoms with van der Waals surface area (Å²) in [6.07, 6.45) is 3.78. The first-order chi connectivity index (χ1) is 13.0. The lowest BCUT2D eigenvalue weighted by Gasteiger charge is -2.33. The monoisotopic (exact) mass is 388 g/mol. The van der Waals surface area contributed by atoms with E-state index >= 15 is 0 Å². The fourth-order valence-corrected chi connectivity index (χ4v) is 3.62. The Kier molecular flexibility index (Phi) is 6.29. The van der Waals surface area contributed by atoms with E-state index in [1.165, 1.54) is 0 Å². The van der Waals surface area contributed by atoms with Gasteiger partial charge in [-0.15, -0.1) is 0 Å². The van der Waals surface area contributed by atoms with E-state index in [0.29, 0.717) is 17.5 Å². The lowest BCUT2D eigenvalue weighted by molar-refractivity contribution is -0.136. The highest BCUT2D eigenvalue weighted by molar-refractivity contribution is 6.30. The van der Waals surface area contributed by atoms with Gasteiger partial charge in [-0.1, -0.05) is 23.7 Å². The zero-order valence-electron chi connectivity index (χ0n) is 16.0. The molecule has 0 unspecified atom stereocenters. The van der Waals surface area contributed by atoms with E-state index in [4.69, 9.17) is 21.3 Å². The van der Waals surface area contributed by atoms with Gasteiger partial charge in [0.15, 0.2) is 0 Å². The van der Waals surface area contributed by atoms with Gasteiger partial charge in [0.05, 0.1) is 5.69 Å². The number of halogens is 1. The molecule has 1 saturated heterocycles. The molecule has 27 heavy (non-hydrogen) atoms. The Morgan fingerprint density at radius 3 is 2.93 bits per heavy atom. The second kappa shape index (κ2) is 8.67. The molecule has 2 aromatic rings. The molecule has 1 aromatic heterocycles. The van der Waals surface area contributed by atoms with Crippen LogP contribution in [0.2, 0.25) is 5.02 Å². The molecule has 0 spiro atoms. The molecule has 0 radical (unpaired) electrons. The fraction of sp³-hybridized carbons (Fsp3) is 0.450. The van der Waals surface area contributed by atoms with Crippen molar-refractivity contribution >= 4 is 23.5 Å². The van der Waals surface area contributed by atoms with Crippen LogP contribution >= 0.6 is 11.6 Å². The molecule has 7 heteroatoms. The Balaban J connectivity index is 1.99. The van der Waals surface area contributed by atoms with Crippen LogP contribution in [0.25, 0.3) is 11.1 Å². The molecule has 6 nitrogen and oxygen atoms in total. The minimum Gasteiger partial charge on any atom is -0.375 e. The van der Waals surface area contributed by atoms with Crippen LogP contribution in [0, 0.1) is 0 Å². The van der Waals surface area contributed by atoms with Gasteiger partial charge >= 0.3 is 0 Å². The number of aromatic nitrogens is 2.